The summed E-state index contributed by atoms with van der Waals surface area (Å²) in [4.78, 5) is 11.9. The highest BCUT2D eigenvalue weighted by Gasteiger charge is 2.17. The number of rotatable bonds is 6. The SMILES string of the molecule is O=C(CCSc1nn[nH][n+]1-c1ccccc1)Nc1ccccc1. The molecule has 0 radical (unpaired) electrons. The number of aromatic amines is 1. The van der Waals surface area contributed by atoms with Crippen molar-refractivity contribution in [3.63, 3.8) is 0 Å². The second-order valence-electron chi connectivity index (χ2n) is 4.77. The second-order valence-corrected chi connectivity index (χ2v) is 5.83. The zero-order valence-electron chi connectivity index (χ0n) is 12.3. The lowest BCUT2D eigenvalue weighted by atomic mass is 10.3. The van der Waals surface area contributed by atoms with Gasteiger partial charge >= 0.3 is 5.16 Å². The molecule has 2 N–H and O–H groups in total. The van der Waals surface area contributed by atoms with Crippen molar-refractivity contribution in [3.8, 4) is 5.69 Å². The lowest BCUT2D eigenvalue weighted by molar-refractivity contribution is -0.697. The lowest BCUT2D eigenvalue weighted by Gasteiger charge is -2.03. The van der Waals surface area contributed by atoms with Crippen LogP contribution in [0.15, 0.2) is 65.8 Å². The second kappa shape index (κ2) is 7.55. The predicted molar refractivity (Wildman–Crippen MR) is 88.3 cm³/mol. The van der Waals surface area contributed by atoms with Crippen LogP contribution in [0.3, 0.4) is 0 Å². The third-order valence-electron chi connectivity index (χ3n) is 3.10. The van der Waals surface area contributed by atoms with E-state index in [1.807, 2.05) is 60.7 Å². The van der Waals surface area contributed by atoms with Gasteiger partial charge < -0.3 is 5.32 Å². The molecule has 3 aromatic rings. The average Bonchev–Trinajstić information content (AvgIpc) is 3.05. The van der Waals surface area contributed by atoms with Crippen molar-refractivity contribution in [2.75, 3.05) is 11.1 Å². The van der Waals surface area contributed by atoms with Crippen molar-refractivity contribution in [1.29, 1.82) is 0 Å². The Hall–Kier alpha value is -2.67. The normalized spacial score (nSPS) is 10.4. The zero-order valence-corrected chi connectivity index (χ0v) is 13.2. The van der Waals surface area contributed by atoms with E-state index >= 15 is 0 Å². The molecule has 116 valence electrons. The number of anilines is 1. The minimum absolute atomic E-state index is 0.0153. The predicted octanol–water partition coefficient (Wildman–Crippen LogP) is 2.20. The Labute approximate surface area is 137 Å². The number of nitrogens with zero attached hydrogens (tertiary/aromatic N) is 3. The lowest BCUT2D eigenvalue weighted by Crippen LogP contribution is -2.35. The van der Waals surface area contributed by atoms with E-state index in [4.69, 9.17) is 0 Å². The maximum absolute atomic E-state index is 11.9. The fourth-order valence-corrected chi connectivity index (χ4v) is 2.86. The molecule has 0 unspecified atom stereocenters. The van der Waals surface area contributed by atoms with Gasteiger partial charge in [0.05, 0.1) is 0 Å². The molecular formula is C16H16N5OS+. The molecule has 0 saturated carbocycles. The van der Waals surface area contributed by atoms with Crippen molar-refractivity contribution < 1.29 is 9.48 Å². The highest BCUT2D eigenvalue weighted by Crippen LogP contribution is 2.13. The third-order valence-corrected chi connectivity index (χ3v) is 4.03. The first-order chi connectivity index (χ1) is 11.3. The largest absolute Gasteiger partial charge is 0.365 e. The zero-order chi connectivity index (χ0) is 15.9. The highest BCUT2D eigenvalue weighted by molar-refractivity contribution is 7.99. The molecule has 0 fully saturated rings. The van der Waals surface area contributed by atoms with Crippen LogP contribution in [-0.4, -0.2) is 27.2 Å². The summed E-state index contributed by atoms with van der Waals surface area (Å²) in [6.45, 7) is 0. The van der Waals surface area contributed by atoms with E-state index in [0.717, 1.165) is 16.5 Å². The van der Waals surface area contributed by atoms with Gasteiger partial charge in [-0.15, -0.1) is 4.68 Å². The first-order valence-electron chi connectivity index (χ1n) is 7.19. The Kier molecular flexibility index (Phi) is 5.00. The van der Waals surface area contributed by atoms with Crippen LogP contribution >= 0.6 is 11.8 Å². The number of carbonyl (C=O) groups excluding carboxylic acids is 1. The van der Waals surface area contributed by atoms with Gasteiger partial charge in [0, 0.05) is 17.9 Å². The Morgan fingerprint density at radius 3 is 2.52 bits per heavy atom. The van der Waals surface area contributed by atoms with Crippen molar-refractivity contribution in [2.45, 2.75) is 11.6 Å². The van der Waals surface area contributed by atoms with Crippen LogP contribution in [0.25, 0.3) is 5.69 Å². The molecular weight excluding hydrogens is 310 g/mol. The van der Waals surface area contributed by atoms with Gasteiger partial charge in [-0.2, -0.15) is 0 Å². The molecule has 0 bridgehead atoms. The van der Waals surface area contributed by atoms with Gasteiger partial charge in [-0.25, -0.2) is 0 Å². The number of hydrogen-bond donors (Lipinski definition) is 2. The molecule has 0 spiro atoms. The Bertz CT molecular complexity index is 760. The monoisotopic (exact) mass is 326 g/mol. The number of nitrogens with one attached hydrogen (secondary N) is 2. The summed E-state index contributed by atoms with van der Waals surface area (Å²) in [6.07, 6.45) is 0.404. The summed E-state index contributed by atoms with van der Waals surface area (Å²) in [7, 11) is 0. The van der Waals surface area contributed by atoms with Crippen LogP contribution in [0.4, 0.5) is 5.69 Å². The molecule has 23 heavy (non-hydrogen) atoms. The molecule has 0 aliphatic heterocycles. The van der Waals surface area contributed by atoms with Gasteiger partial charge in [0.2, 0.25) is 5.91 Å². The number of benzene rings is 2. The molecule has 1 aromatic heterocycles. The number of para-hydroxylation sites is 2. The summed E-state index contributed by atoms with van der Waals surface area (Å²) in [6, 6.07) is 19.2. The number of H-pyrrole nitrogens is 1. The van der Waals surface area contributed by atoms with E-state index in [-0.39, 0.29) is 5.91 Å². The Morgan fingerprint density at radius 2 is 1.78 bits per heavy atom. The molecule has 1 amide bonds. The molecule has 6 nitrogen and oxygen atoms in total. The maximum atomic E-state index is 11.9. The Balaban J connectivity index is 1.54. The van der Waals surface area contributed by atoms with Gasteiger partial charge in [-0.3, -0.25) is 4.79 Å². The molecule has 2 aromatic carbocycles. The number of hydrogen-bond acceptors (Lipinski definition) is 4. The molecule has 1 heterocycles. The van der Waals surface area contributed by atoms with Crippen LogP contribution in [0, 0.1) is 0 Å². The van der Waals surface area contributed by atoms with Gasteiger partial charge in [-0.05, 0) is 36.0 Å². The topological polar surface area (TPSA) is 74.5 Å². The van der Waals surface area contributed by atoms with E-state index in [2.05, 4.69) is 20.8 Å². The van der Waals surface area contributed by atoms with E-state index in [0.29, 0.717) is 12.2 Å². The standard InChI is InChI=1S/C16H15N5OS/c22-15(17-13-7-3-1-4-8-13)11-12-23-16-18-19-20-21(16)14-9-5-2-6-10-14/h1-10H,11-12H2,(H,17,22)/p+1. The number of carbonyl (C=O) groups is 1. The summed E-state index contributed by atoms with van der Waals surface area (Å²) in [5.74, 6) is 0.608. The van der Waals surface area contributed by atoms with Crippen molar-refractivity contribution >= 4 is 23.4 Å². The summed E-state index contributed by atoms with van der Waals surface area (Å²) in [5, 5.41) is 14.3. The van der Waals surface area contributed by atoms with E-state index < -0.39 is 0 Å². The quantitative estimate of drug-likeness (QED) is 0.538. The van der Waals surface area contributed by atoms with Crippen LogP contribution in [0.5, 0.6) is 0 Å². The van der Waals surface area contributed by atoms with Crippen molar-refractivity contribution in [2.24, 2.45) is 0 Å². The smallest absolute Gasteiger partial charge is 0.326 e. The molecule has 3 rings (SSSR count). The van der Waals surface area contributed by atoms with E-state index in [1.54, 1.807) is 4.68 Å². The maximum Gasteiger partial charge on any atom is 0.365 e. The summed E-state index contributed by atoms with van der Waals surface area (Å²) in [5.41, 5.74) is 1.76. The third kappa shape index (κ3) is 4.17. The van der Waals surface area contributed by atoms with Gasteiger partial charge in [-0.1, -0.05) is 41.6 Å². The van der Waals surface area contributed by atoms with Crippen LogP contribution in [-0.2, 0) is 4.79 Å². The minimum atomic E-state index is -0.0153. The summed E-state index contributed by atoms with van der Waals surface area (Å²) < 4.78 is 1.79. The molecule has 0 atom stereocenters. The first-order valence-corrected chi connectivity index (χ1v) is 8.18. The van der Waals surface area contributed by atoms with Crippen molar-refractivity contribution in [1.82, 2.24) is 15.5 Å². The minimum Gasteiger partial charge on any atom is -0.326 e. The van der Waals surface area contributed by atoms with Crippen LogP contribution in [0.2, 0.25) is 0 Å². The fraction of sp³-hybridized carbons (Fsp3) is 0.125. The van der Waals surface area contributed by atoms with Gasteiger partial charge in [0.25, 0.3) is 0 Å². The van der Waals surface area contributed by atoms with Crippen LogP contribution in [0.1, 0.15) is 6.42 Å². The molecule has 0 aliphatic carbocycles. The Morgan fingerprint density at radius 1 is 1.09 bits per heavy atom. The fourth-order valence-electron chi connectivity index (χ4n) is 2.02. The van der Waals surface area contributed by atoms with E-state index in [1.165, 1.54) is 11.8 Å². The van der Waals surface area contributed by atoms with Gasteiger partial charge in [0.1, 0.15) is 10.8 Å². The summed E-state index contributed by atoms with van der Waals surface area (Å²) >= 11 is 1.48. The number of aromatic nitrogens is 4. The molecule has 7 heteroatoms. The number of tetrazole rings is 1. The number of thioether (sulfide) groups is 1. The average molecular weight is 326 g/mol. The molecule has 0 saturated heterocycles. The van der Waals surface area contributed by atoms with Crippen LogP contribution < -0.4 is 10.00 Å². The van der Waals surface area contributed by atoms with Gasteiger partial charge in [0.15, 0.2) is 5.21 Å². The molecule has 0 aliphatic rings. The highest BCUT2D eigenvalue weighted by atomic mass is 32.2. The number of amides is 1. The first kappa shape index (κ1) is 15.2. The van der Waals surface area contributed by atoms with E-state index in [9.17, 15) is 4.79 Å². The van der Waals surface area contributed by atoms with Crippen molar-refractivity contribution in [3.05, 3.63) is 60.7 Å².